The quantitative estimate of drug-likeness (QED) is 0.747. The van der Waals surface area contributed by atoms with Crippen molar-refractivity contribution in [2.75, 3.05) is 21.0 Å². The molecular weight excluding hydrogens is 206 g/mol. The van der Waals surface area contributed by atoms with Gasteiger partial charge in [-0.1, -0.05) is 6.07 Å². The molecular formula is C12H19NO3. The van der Waals surface area contributed by atoms with Gasteiger partial charge in [-0.15, -0.1) is 0 Å². The van der Waals surface area contributed by atoms with Crippen molar-refractivity contribution in [2.24, 2.45) is 5.73 Å². The van der Waals surface area contributed by atoms with Crippen molar-refractivity contribution < 1.29 is 14.2 Å². The topological polar surface area (TPSA) is 53.7 Å². The molecule has 0 spiro atoms. The summed E-state index contributed by atoms with van der Waals surface area (Å²) in [5.41, 5.74) is 6.88. The van der Waals surface area contributed by atoms with E-state index in [2.05, 4.69) is 0 Å². The smallest absolute Gasteiger partial charge is 0.188 e. The average molecular weight is 225 g/mol. The Labute approximate surface area is 96.3 Å². The van der Waals surface area contributed by atoms with Crippen molar-refractivity contribution in [1.29, 1.82) is 0 Å². The van der Waals surface area contributed by atoms with Gasteiger partial charge in [-0.25, -0.2) is 0 Å². The summed E-state index contributed by atoms with van der Waals surface area (Å²) in [4.78, 5) is 0. The number of ether oxygens (including phenoxy) is 3. The van der Waals surface area contributed by atoms with Crippen LogP contribution in [0.1, 0.15) is 12.5 Å². The molecule has 16 heavy (non-hydrogen) atoms. The Balaban J connectivity index is 2.79. The van der Waals surface area contributed by atoms with Gasteiger partial charge in [0, 0.05) is 13.2 Å². The van der Waals surface area contributed by atoms with E-state index in [1.165, 1.54) is 0 Å². The number of benzene rings is 1. The summed E-state index contributed by atoms with van der Waals surface area (Å²) >= 11 is 0. The molecule has 1 unspecified atom stereocenters. The summed E-state index contributed by atoms with van der Waals surface area (Å²) < 4.78 is 15.4. The summed E-state index contributed by atoms with van der Waals surface area (Å²) in [5, 5.41) is 0. The Kier molecular flexibility index (Phi) is 5.08. The molecule has 4 nitrogen and oxygen atoms in total. The van der Waals surface area contributed by atoms with Gasteiger partial charge in [0.15, 0.2) is 18.3 Å². The molecule has 0 aliphatic heterocycles. The number of hydrogen-bond acceptors (Lipinski definition) is 4. The third-order valence-corrected chi connectivity index (χ3v) is 2.12. The van der Waals surface area contributed by atoms with Gasteiger partial charge in [-0.05, 0) is 31.0 Å². The van der Waals surface area contributed by atoms with Crippen LogP contribution >= 0.6 is 0 Å². The summed E-state index contributed by atoms with van der Waals surface area (Å²) in [6, 6.07) is 5.93. The lowest BCUT2D eigenvalue weighted by Crippen LogP contribution is -2.17. The third kappa shape index (κ3) is 3.72. The standard InChI is InChI=1S/C12H19NO3/c1-9(13)6-10-4-5-11(16-8-14-2)12(7-10)15-3/h4-5,7,9H,6,8,13H2,1-3H3. The second-order valence-electron chi connectivity index (χ2n) is 3.72. The van der Waals surface area contributed by atoms with Gasteiger partial charge in [-0.3, -0.25) is 0 Å². The zero-order chi connectivity index (χ0) is 12.0. The van der Waals surface area contributed by atoms with Crippen LogP contribution in [0.2, 0.25) is 0 Å². The van der Waals surface area contributed by atoms with E-state index in [9.17, 15) is 0 Å². The van der Waals surface area contributed by atoms with Crippen LogP contribution in [0.25, 0.3) is 0 Å². The predicted octanol–water partition coefficient (Wildman–Crippen LogP) is 1.57. The van der Waals surface area contributed by atoms with E-state index in [0.717, 1.165) is 12.0 Å². The van der Waals surface area contributed by atoms with Crippen molar-refractivity contribution >= 4 is 0 Å². The van der Waals surface area contributed by atoms with Crippen molar-refractivity contribution in [1.82, 2.24) is 0 Å². The highest BCUT2D eigenvalue weighted by Gasteiger charge is 2.06. The van der Waals surface area contributed by atoms with Crippen molar-refractivity contribution in [2.45, 2.75) is 19.4 Å². The molecule has 0 saturated carbocycles. The SMILES string of the molecule is COCOc1ccc(CC(C)N)cc1OC. The van der Waals surface area contributed by atoms with Gasteiger partial charge < -0.3 is 19.9 Å². The van der Waals surface area contributed by atoms with E-state index in [-0.39, 0.29) is 12.8 Å². The van der Waals surface area contributed by atoms with Crippen molar-refractivity contribution in [3.8, 4) is 11.5 Å². The minimum absolute atomic E-state index is 0.135. The highest BCUT2D eigenvalue weighted by molar-refractivity contribution is 5.43. The Morgan fingerprint density at radius 2 is 2.00 bits per heavy atom. The maximum atomic E-state index is 5.74. The Morgan fingerprint density at radius 1 is 1.25 bits per heavy atom. The molecule has 0 heterocycles. The van der Waals surface area contributed by atoms with Crippen LogP contribution in [-0.4, -0.2) is 27.1 Å². The largest absolute Gasteiger partial charge is 0.493 e. The normalized spacial score (nSPS) is 12.2. The van der Waals surface area contributed by atoms with Gasteiger partial charge in [0.25, 0.3) is 0 Å². The molecule has 2 N–H and O–H groups in total. The highest BCUT2D eigenvalue weighted by atomic mass is 16.7. The van der Waals surface area contributed by atoms with Crippen LogP contribution in [0.4, 0.5) is 0 Å². The molecule has 1 aromatic rings. The molecule has 1 aromatic carbocycles. The first kappa shape index (κ1) is 12.8. The lowest BCUT2D eigenvalue weighted by Gasteiger charge is -2.12. The molecule has 1 rings (SSSR count). The van der Waals surface area contributed by atoms with Crippen LogP contribution in [0.15, 0.2) is 18.2 Å². The molecule has 0 aliphatic carbocycles. The Hall–Kier alpha value is -1.26. The van der Waals surface area contributed by atoms with Gasteiger partial charge in [0.2, 0.25) is 0 Å². The molecule has 0 radical (unpaired) electrons. The molecule has 4 heteroatoms. The second kappa shape index (κ2) is 6.35. The highest BCUT2D eigenvalue weighted by Crippen LogP contribution is 2.28. The number of methoxy groups -OCH3 is 2. The lowest BCUT2D eigenvalue weighted by molar-refractivity contribution is 0.0491. The molecule has 1 atom stereocenters. The van der Waals surface area contributed by atoms with Crippen molar-refractivity contribution in [3.05, 3.63) is 23.8 Å². The van der Waals surface area contributed by atoms with Crippen LogP contribution in [-0.2, 0) is 11.2 Å². The Morgan fingerprint density at radius 3 is 2.56 bits per heavy atom. The summed E-state index contributed by atoms with van der Waals surface area (Å²) in [5.74, 6) is 1.38. The van der Waals surface area contributed by atoms with E-state index in [0.29, 0.717) is 11.5 Å². The molecule has 0 aliphatic rings. The third-order valence-electron chi connectivity index (χ3n) is 2.12. The zero-order valence-corrected chi connectivity index (χ0v) is 10.0. The van der Waals surface area contributed by atoms with E-state index in [1.807, 2.05) is 25.1 Å². The van der Waals surface area contributed by atoms with Gasteiger partial charge in [0.1, 0.15) is 0 Å². The van der Waals surface area contributed by atoms with Crippen molar-refractivity contribution in [3.63, 3.8) is 0 Å². The number of hydrogen-bond donors (Lipinski definition) is 1. The summed E-state index contributed by atoms with van der Waals surface area (Å²) in [6.07, 6.45) is 0.820. The van der Waals surface area contributed by atoms with Crippen LogP contribution < -0.4 is 15.2 Å². The lowest BCUT2D eigenvalue weighted by atomic mass is 10.1. The first-order valence-electron chi connectivity index (χ1n) is 5.21. The first-order valence-corrected chi connectivity index (χ1v) is 5.21. The van der Waals surface area contributed by atoms with Gasteiger partial charge in [0.05, 0.1) is 7.11 Å². The molecule has 90 valence electrons. The summed E-state index contributed by atoms with van der Waals surface area (Å²) in [7, 11) is 3.20. The number of nitrogens with two attached hydrogens (primary N) is 1. The minimum Gasteiger partial charge on any atom is -0.493 e. The van der Waals surface area contributed by atoms with E-state index < -0.39 is 0 Å². The monoisotopic (exact) mass is 225 g/mol. The van der Waals surface area contributed by atoms with E-state index in [1.54, 1.807) is 14.2 Å². The number of rotatable bonds is 6. The Bertz CT molecular complexity index is 326. The second-order valence-corrected chi connectivity index (χ2v) is 3.72. The maximum Gasteiger partial charge on any atom is 0.188 e. The maximum absolute atomic E-state index is 5.74. The van der Waals surface area contributed by atoms with Crippen LogP contribution in [0.3, 0.4) is 0 Å². The minimum atomic E-state index is 0.135. The molecule has 0 bridgehead atoms. The fourth-order valence-corrected chi connectivity index (χ4v) is 1.45. The van der Waals surface area contributed by atoms with E-state index >= 15 is 0 Å². The van der Waals surface area contributed by atoms with Gasteiger partial charge >= 0.3 is 0 Å². The molecule has 0 fully saturated rings. The average Bonchev–Trinajstić information content (AvgIpc) is 2.26. The van der Waals surface area contributed by atoms with E-state index in [4.69, 9.17) is 19.9 Å². The first-order chi connectivity index (χ1) is 7.67. The predicted molar refractivity (Wildman–Crippen MR) is 62.9 cm³/mol. The van der Waals surface area contributed by atoms with Crippen LogP contribution in [0, 0.1) is 0 Å². The fraction of sp³-hybridized carbons (Fsp3) is 0.500. The van der Waals surface area contributed by atoms with Crippen LogP contribution in [0.5, 0.6) is 11.5 Å². The van der Waals surface area contributed by atoms with Gasteiger partial charge in [-0.2, -0.15) is 0 Å². The molecule has 0 aromatic heterocycles. The zero-order valence-electron chi connectivity index (χ0n) is 10.0. The molecule has 0 amide bonds. The molecule has 0 saturated heterocycles. The summed E-state index contributed by atoms with van der Waals surface area (Å²) in [6.45, 7) is 2.19. The fourth-order valence-electron chi connectivity index (χ4n) is 1.45.